The molecule has 1 fully saturated rings. The van der Waals surface area contributed by atoms with Gasteiger partial charge in [0.25, 0.3) is 12.3 Å². The molecule has 0 unspecified atom stereocenters. The number of halogens is 3. The number of carboxylic acid groups (broad SMARTS) is 1. The molecule has 1 aromatic carbocycles. The Kier molecular flexibility index (Phi) is 5.25. The van der Waals surface area contributed by atoms with Gasteiger partial charge in [0.05, 0.1) is 17.5 Å². The maximum atomic E-state index is 13.8. The molecular formula is C15H16F3NO4. The topological polar surface area (TPSA) is 75.6 Å². The third kappa shape index (κ3) is 4.22. The fraction of sp³-hybridized carbons (Fsp3) is 0.467. The number of alkyl halides is 2. The number of aliphatic carboxylic acids is 1. The van der Waals surface area contributed by atoms with Gasteiger partial charge in [0.2, 0.25) is 0 Å². The van der Waals surface area contributed by atoms with E-state index in [1.165, 1.54) is 0 Å². The second-order valence-corrected chi connectivity index (χ2v) is 5.46. The van der Waals surface area contributed by atoms with Gasteiger partial charge in [0.1, 0.15) is 5.82 Å². The fourth-order valence-corrected chi connectivity index (χ4v) is 2.56. The molecule has 0 bridgehead atoms. The molecule has 1 aromatic rings. The first-order chi connectivity index (χ1) is 10.8. The lowest BCUT2D eigenvalue weighted by atomic mass is 9.86. The molecule has 0 aliphatic carbocycles. The van der Waals surface area contributed by atoms with E-state index in [-0.39, 0.29) is 32.5 Å². The summed E-state index contributed by atoms with van der Waals surface area (Å²) in [5, 5.41) is 11.5. The minimum Gasteiger partial charge on any atom is -0.481 e. The number of carbonyl (C=O) groups is 2. The molecule has 2 N–H and O–H groups in total. The van der Waals surface area contributed by atoms with Crippen molar-refractivity contribution in [2.75, 3.05) is 13.2 Å². The molecule has 0 spiro atoms. The molecule has 1 saturated heterocycles. The van der Waals surface area contributed by atoms with Crippen LogP contribution >= 0.6 is 0 Å². The van der Waals surface area contributed by atoms with Crippen LogP contribution in [-0.2, 0) is 9.53 Å². The summed E-state index contributed by atoms with van der Waals surface area (Å²) in [6, 6.07) is 2.48. The van der Waals surface area contributed by atoms with Crippen molar-refractivity contribution in [1.29, 1.82) is 0 Å². The Balaban J connectivity index is 2.25. The largest absolute Gasteiger partial charge is 0.481 e. The number of benzene rings is 1. The van der Waals surface area contributed by atoms with Crippen LogP contribution in [-0.4, -0.2) is 35.7 Å². The van der Waals surface area contributed by atoms with E-state index in [1.807, 2.05) is 0 Å². The molecule has 1 heterocycles. The standard InChI is InChI=1S/C15H16F3NO4/c16-11-2-1-9(13(17)18)7-10(11)14(22)19-15(8-12(20)21)3-5-23-6-4-15/h1-2,7,13H,3-6,8H2,(H,19,22)(H,20,21). The molecule has 0 aromatic heterocycles. The summed E-state index contributed by atoms with van der Waals surface area (Å²) in [5.41, 5.74) is -2.08. The lowest BCUT2D eigenvalue weighted by Crippen LogP contribution is -2.53. The second-order valence-electron chi connectivity index (χ2n) is 5.46. The van der Waals surface area contributed by atoms with Crippen molar-refractivity contribution in [2.45, 2.75) is 31.2 Å². The summed E-state index contributed by atoms with van der Waals surface area (Å²) in [6.07, 6.45) is -2.68. The summed E-state index contributed by atoms with van der Waals surface area (Å²) in [6.45, 7) is 0.514. The number of carbonyl (C=O) groups excluding carboxylic acids is 1. The van der Waals surface area contributed by atoms with Gasteiger partial charge in [-0.15, -0.1) is 0 Å². The summed E-state index contributed by atoms with van der Waals surface area (Å²) in [4.78, 5) is 23.3. The number of amides is 1. The van der Waals surface area contributed by atoms with Gasteiger partial charge < -0.3 is 15.2 Å². The average molecular weight is 331 g/mol. The van der Waals surface area contributed by atoms with E-state index in [4.69, 9.17) is 9.84 Å². The third-order valence-corrected chi connectivity index (χ3v) is 3.81. The number of carboxylic acids is 1. The normalized spacial score (nSPS) is 17.0. The maximum Gasteiger partial charge on any atom is 0.305 e. The van der Waals surface area contributed by atoms with Crippen molar-refractivity contribution in [1.82, 2.24) is 5.32 Å². The van der Waals surface area contributed by atoms with Crippen molar-refractivity contribution in [3.05, 3.63) is 35.1 Å². The van der Waals surface area contributed by atoms with Crippen molar-refractivity contribution >= 4 is 11.9 Å². The average Bonchev–Trinajstić information content (AvgIpc) is 2.47. The Morgan fingerprint density at radius 2 is 1.96 bits per heavy atom. The summed E-state index contributed by atoms with van der Waals surface area (Å²) < 4.78 is 44.3. The first kappa shape index (κ1) is 17.3. The van der Waals surface area contributed by atoms with Gasteiger partial charge in [-0.25, -0.2) is 13.2 Å². The minimum absolute atomic E-state index is 0.251. The molecule has 0 saturated carbocycles. The van der Waals surface area contributed by atoms with Crippen LogP contribution in [0.4, 0.5) is 13.2 Å². The van der Waals surface area contributed by atoms with Crippen molar-refractivity contribution in [2.24, 2.45) is 0 Å². The van der Waals surface area contributed by atoms with E-state index in [0.29, 0.717) is 0 Å². The van der Waals surface area contributed by atoms with E-state index in [0.717, 1.165) is 18.2 Å². The number of nitrogens with one attached hydrogen (secondary N) is 1. The molecule has 0 radical (unpaired) electrons. The van der Waals surface area contributed by atoms with Crippen LogP contribution in [0.25, 0.3) is 0 Å². The highest BCUT2D eigenvalue weighted by molar-refractivity contribution is 5.95. The van der Waals surface area contributed by atoms with Crippen LogP contribution < -0.4 is 5.32 Å². The lowest BCUT2D eigenvalue weighted by Gasteiger charge is -2.36. The third-order valence-electron chi connectivity index (χ3n) is 3.81. The first-order valence-electron chi connectivity index (χ1n) is 7.03. The molecule has 0 atom stereocenters. The SMILES string of the molecule is O=C(O)CC1(NC(=O)c2cc(C(F)F)ccc2F)CCOCC1. The Morgan fingerprint density at radius 1 is 1.30 bits per heavy atom. The highest BCUT2D eigenvalue weighted by Gasteiger charge is 2.37. The minimum atomic E-state index is -2.83. The molecule has 126 valence electrons. The van der Waals surface area contributed by atoms with Crippen LogP contribution in [0, 0.1) is 5.82 Å². The monoisotopic (exact) mass is 331 g/mol. The quantitative estimate of drug-likeness (QED) is 0.869. The summed E-state index contributed by atoms with van der Waals surface area (Å²) in [5.74, 6) is -2.97. The lowest BCUT2D eigenvalue weighted by molar-refractivity contribution is -0.139. The van der Waals surface area contributed by atoms with Gasteiger partial charge in [0, 0.05) is 18.8 Å². The molecule has 1 aliphatic heterocycles. The van der Waals surface area contributed by atoms with E-state index >= 15 is 0 Å². The van der Waals surface area contributed by atoms with Crippen molar-refractivity contribution in [3.63, 3.8) is 0 Å². The van der Waals surface area contributed by atoms with Gasteiger partial charge in [-0.1, -0.05) is 6.07 Å². The summed E-state index contributed by atoms with van der Waals surface area (Å²) in [7, 11) is 0. The number of rotatable bonds is 5. The van der Waals surface area contributed by atoms with Crippen LogP contribution in [0.3, 0.4) is 0 Å². The highest BCUT2D eigenvalue weighted by atomic mass is 19.3. The Hall–Kier alpha value is -2.09. The first-order valence-corrected chi connectivity index (χ1v) is 7.03. The summed E-state index contributed by atoms with van der Waals surface area (Å²) >= 11 is 0. The Morgan fingerprint density at radius 3 is 2.52 bits per heavy atom. The zero-order chi connectivity index (χ0) is 17.0. The van der Waals surface area contributed by atoms with E-state index in [9.17, 15) is 22.8 Å². The van der Waals surface area contributed by atoms with Crippen LogP contribution in [0.15, 0.2) is 18.2 Å². The van der Waals surface area contributed by atoms with Crippen molar-refractivity contribution < 1.29 is 32.6 Å². The predicted molar refractivity (Wildman–Crippen MR) is 73.9 cm³/mol. The number of hydrogen-bond acceptors (Lipinski definition) is 3. The molecule has 2 rings (SSSR count). The molecule has 1 aliphatic rings. The Bertz CT molecular complexity index is 600. The van der Waals surface area contributed by atoms with Gasteiger partial charge in [-0.3, -0.25) is 9.59 Å². The number of hydrogen-bond donors (Lipinski definition) is 2. The van der Waals surface area contributed by atoms with E-state index in [2.05, 4.69) is 5.32 Å². The van der Waals surface area contributed by atoms with Crippen LogP contribution in [0.2, 0.25) is 0 Å². The van der Waals surface area contributed by atoms with E-state index < -0.39 is 40.8 Å². The van der Waals surface area contributed by atoms with Crippen LogP contribution in [0.5, 0.6) is 0 Å². The molecule has 1 amide bonds. The van der Waals surface area contributed by atoms with Crippen molar-refractivity contribution in [3.8, 4) is 0 Å². The highest BCUT2D eigenvalue weighted by Crippen LogP contribution is 2.26. The zero-order valence-electron chi connectivity index (χ0n) is 12.2. The predicted octanol–water partition coefficient (Wildman–Crippen LogP) is 2.52. The number of ether oxygens (including phenoxy) is 1. The molecule has 23 heavy (non-hydrogen) atoms. The van der Waals surface area contributed by atoms with E-state index in [1.54, 1.807) is 0 Å². The van der Waals surface area contributed by atoms with Crippen LogP contribution in [0.1, 0.15) is 41.6 Å². The van der Waals surface area contributed by atoms with Gasteiger partial charge in [-0.05, 0) is 25.0 Å². The van der Waals surface area contributed by atoms with Gasteiger partial charge in [0.15, 0.2) is 0 Å². The molecular weight excluding hydrogens is 315 g/mol. The van der Waals surface area contributed by atoms with Gasteiger partial charge in [-0.2, -0.15) is 0 Å². The fourth-order valence-electron chi connectivity index (χ4n) is 2.56. The maximum absolute atomic E-state index is 13.8. The second kappa shape index (κ2) is 6.99. The zero-order valence-corrected chi connectivity index (χ0v) is 12.2. The molecule has 5 nitrogen and oxygen atoms in total. The Labute approximate surface area is 130 Å². The van der Waals surface area contributed by atoms with Gasteiger partial charge >= 0.3 is 5.97 Å². The molecule has 8 heteroatoms. The smallest absolute Gasteiger partial charge is 0.305 e.